The number of aliphatic hydroxyl groups is 2. The summed E-state index contributed by atoms with van der Waals surface area (Å²) in [7, 11) is 0. The van der Waals surface area contributed by atoms with Gasteiger partial charge in [-0.3, -0.25) is 29.7 Å². The number of hydrogen-bond donors (Lipinski definition) is 3. The van der Waals surface area contributed by atoms with Crippen LogP contribution in [0.15, 0.2) is 0 Å². The van der Waals surface area contributed by atoms with E-state index in [4.69, 9.17) is 19.9 Å². The Morgan fingerprint density at radius 2 is 1.41 bits per heavy atom. The van der Waals surface area contributed by atoms with E-state index in [-0.39, 0.29) is 0 Å². The van der Waals surface area contributed by atoms with Gasteiger partial charge in [-0.1, -0.05) is 0 Å². The minimum absolute atomic E-state index is 0.823. The Bertz CT molecular complexity index is 691. The number of esters is 2. The first-order chi connectivity index (χ1) is 12.2. The van der Waals surface area contributed by atoms with Crippen molar-refractivity contribution in [2.24, 2.45) is 5.73 Å². The lowest BCUT2D eigenvalue weighted by Gasteiger charge is -2.58. The van der Waals surface area contributed by atoms with Crippen LogP contribution in [0.3, 0.4) is 0 Å². The van der Waals surface area contributed by atoms with Gasteiger partial charge in [-0.2, -0.15) is 0 Å². The third kappa shape index (κ3) is 3.06. The second-order valence-corrected chi connectivity index (χ2v) is 6.29. The molecular formula is C16H23NO10. The highest BCUT2D eigenvalue weighted by molar-refractivity contribution is 6.07. The molecule has 1 unspecified atom stereocenters. The molecule has 1 rings (SSSR count). The van der Waals surface area contributed by atoms with E-state index in [1.807, 2.05) is 0 Å². The molecule has 0 aromatic carbocycles. The molecule has 11 nitrogen and oxygen atoms in total. The standard InChI is InChI=1S/C16H23NO10/c1-7(19)14(25-10(4)22)13(24)12(6-18)27-16(17,9(3)21)15(14,8(2)20)26-11(5)23/h12-13,18,24H,6,17H2,1-5H3/t12-,13-,14+,15-,16?/m1/s1. The summed E-state index contributed by atoms with van der Waals surface area (Å²) in [6.45, 7) is 3.31. The van der Waals surface area contributed by atoms with E-state index < -0.39 is 65.0 Å². The maximum atomic E-state index is 12.7. The second kappa shape index (κ2) is 7.43. The van der Waals surface area contributed by atoms with Gasteiger partial charge in [0.1, 0.15) is 12.2 Å². The molecule has 0 aromatic rings. The van der Waals surface area contributed by atoms with Gasteiger partial charge in [0, 0.05) is 13.8 Å². The normalized spacial score (nSPS) is 35.9. The van der Waals surface area contributed by atoms with Crippen LogP contribution >= 0.6 is 0 Å². The third-order valence-electron chi connectivity index (χ3n) is 4.48. The number of carbonyl (C=O) groups excluding carboxylic acids is 5. The summed E-state index contributed by atoms with van der Waals surface area (Å²) in [6, 6.07) is 0. The molecule has 0 spiro atoms. The topological polar surface area (TPSA) is 180 Å². The lowest BCUT2D eigenvalue weighted by Crippen LogP contribution is -2.89. The molecule has 0 aliphatic carbocycles. The molecule has 0 bridgehead atoms. The molecule has 0 saturated carbocycles. The van der Waals surface area contributed by atoms with Crippen molar-refractivity contribution in [3.8, 4) is 0 Å². The summed E-state index contributed by atoms with van der Waals surface area (Å²) in [4.78, 5) is 61.3. The van der Waals surface area contributed by atoms with E-state index in [2.05, 4.69) is 0 Å². The lowest BCUT2D eigenvalue weighted by molar-refractivity contribution is -0.324. The van der Waals surface area contributed by atoms with Crippen molar-refractivity contribution >= 4 is 29.3 Å². The molecular weight excluding hydrogens is 366 g/mol. The minimum atomic E-state index is -3.04. The number of aliphatic hydroxyl groups excluding tert-OH is 2. The van der Waals surface area contributed by atoms with E-state index >= 15 is 0 Å². The van der Waals surface area contributed by atoms with E-state index in [1.165, 1.54) is 0 Å². The first-order valence-electron chi connectivity index (χ1n) is 7.92. The highest BCUT2D eigenvalue weighted by atomic mass is 16.7. The van der Waals surface area contributed by atoms with Crippen LogP contribution in [0.25, 0.3) is 0 Å². The highest BCUT2D eigenvalue weighted by Gasteiger charge is 2.81. The van der Waals surface area contributed by atoms with Gasteiger partial charge in [0.15, 0.2) is 17.3 Å². The molecule has 1 fully saturated rings. The maximum absolute atomic E-state index is 12.7. The Balaban J connectivity index is 4.15. The zero-order valence-electron chi connectivity index (χ0n) is 15.6. The molecule has 11 heteroatoms. The average Bonchev–Trinajstić information content (AvgIpc) is 2.52. The fourth-order valence-corrected chi connectivity index (χ4v) is 3.45. The van der Waals surface area contributed by atoms with Crippen LogP contribution in [0.2, 0.25) is 0 Å². The summed E-state index contributed by atoms with van der Waals surface area (Å²) in [5.74, 6) is -5.74. The first kappa shape index (κ1) is 22.8. The number of carbonyl (C=O) groups is 5. The van der Waals surface area contributed by atoms with Crippen molar-refractivity contribution in [1.82, 2.24) is 0 Å². The quantitative estimate of drug-likeness (QED) is 0.418. The highest BCUT2D eigenvalue weighted by Crippen LogP contribution is 2.49. The molecule has 1 aliphatic heterocycles. The number of Topliss-reactive ketones (excluding diaryl/α,β-unsaturated/α-hetero) is 3. The van der Waals surface area contributed by atoms with E-state index in [1.54, 1.807) is 0 Å². The van der Waals surface area contributed by atoms with Crippen LogP contribution in [-0.4, -0.2) is 75.2 Å². The van der Waals surface area contributed by atoms with Crippen LogP contribution in [0.4, 0.5) is 0 Å². The largest absolute Gasteiger partial charge is 0.443 e. The molecule has 5 atom stereocenters. The van der Waals surface area contributed by atoms with Gasteiger partial charge in [-0.05, 0) is 20.8 Å². The monoisotopic (exact) mass is 389 g/mol. The van der Waals surface area contributed by atoms with E-state index in [0.29, 0.717) is 0 Å². The van der Waals surface area contributed by atoms with Gasteiger partial charge in [0.2, 0.25) is 11.3 Å². The summed E-state index contributed by atoms with van der Waals surface area (Å²) < 4.78 is 15.4. The van der Waals surface area contributed by atoms with Crippen molar-refractivity contribution in [2.75, 3.05) is 6.61 Å². The van der Waals surface area contributed by atoms with Gasteiger partial charge in [-0.15, -0.1) is 0 Å². The molecule has 0 radical (unpaired) electrons. The Hall–Kier alpha value is -2.21. The van der Waals surface area contributed by atoms with Crippen molar-refractivity contribution in [3.63, 3.8) is 0 Å². The fraction of sp³-hybridized carbons (Fsp3) is 0.688. The number of ether oxygens (including phenoxy) is 3. The molecule has 1 aliphatic rings. The molecule has 27 heavy (non-hydrogen) atoms. The Kier molecular flexibility index (Phi) is 6.28. The zero-order valence-corrected chi connectivity index (χ0v) is 15.6. The molecule has 1 heterocycles. The van der Waals surface area contributed by atoms with Gasteiger partial charge >= 0.3 is 11.9 Å². The van der Waals surface area contributed by atoms with Gasteiger partial charge in [0.05, 0.1) is 6.61 Å². The lowest BCUT2D eigenvalue weighted by atomic mass is 9.63. The maximum Gasteiger partial charge on any atom is 0.303 e. The number of ketones is 3. The average molecular weight is 389 g/mol. The smallest absolute Gasteiger partial charge is 0.303 e. The third-order valence-corrected chi connectivity index (χ3v) is 4.48. The zero-order chi connectivity index (χ0) is 21.4. The van der Waals surface area contributed by atoms with Gasteiger partial charge in [-0.25, -0.2) is 0 Å². The molecule has 1 saturated heterocycles. The van der Waals surface area contributed by atoms with Crippen LogP contribution in [-0.2, 0) is 38.2 Å². The predicted octanol–water partition coefficient (Wildman–Crippen LogP) is -2.24. The van der Waals surface area contributed by atoms with Crippen LogP contribution in [0.5, 0.6) is 0 Å². The Morgan fingerprint density at radius 1 is 0.926 bits per heavy atom. The van der Waals surface area contributed by atoms with Gasteiger partial charge < -0.3 is 24.4 Å². The second-order valence-electron chi connectivity index (χ2n) is 6.29. The molecule has 4 N–H and O–H groups in total. The molecule has 0 aromatic heterocycles. The van der Waals surface area contributed by atoms with Gasteiger partial charge in [0.25, 0.3) is 5.60 Å². The van der Waals surface area contributed by atoms with Crippen molar-refractivity contribution < 1.29 is 48.4 Å². The number of nitrogens with two attached hydrogens (primary N) is 1. The number of rotatable bonds is 6. The Labute approximate surface area is 154 Å². The summed E-state index contributed by atoms with van der Waals surface area (Å²) in [5, 5.41) is 20.2. The molecule has 152 valence electrons. The van der Waals surface area contributed by atoms with Crippen LogP contribution < -0.4 is 5.73 Å². The number of hydrogen-bond acceptors (Lipinski definition) is 11. The SMILES string of the molecule is CC(=O)O[C@@]1(C(C)=O)[C@H](O)[C@@H](CO)OC(N)(C(C)=O)[C@@]1(OC(C)=O)C(C)=O. The van der Waals surface area contributed by atoms with Crippen molar-refractivity contribution in [3.05, 3.63) is 0 Å². The summed E-state index contributed by atoms with van der Waals surface area (Å²) in [5.41, 5.74) is -2.82. The summed E-state index contributed by atoms with van der Waals surface area (Å²) >= 11 is 0. The predicted molar refractivity (Wildman–Crippen MR) is 85.9 cm³/mol. The summed E-state index contributed by atoms with van der Waals surface area (Å²) in [6.07, 6.45) is -3.91. The molecule has 0 amide bonds. The van der Waals surface area contributed by atoms with E-state index in [9.17, 15) is 34.2 Å². The van der Waals surface area contributed by atoms with E-state index in [0.717, 1.165) is 34.6 Å². The van der Waals surface area contributed by atoms with Crippen LogP contribution in [0, 0.1) is 0 Å². The van der Waals surface area contributed by atoms with Crippen molar-refractivity contribution in [2.45, 2.75) is 63.8 Å². The van der Waals surface area contributed by atoms with Crippen molar-refractivity contribution in [1.29, 1.82) is 0 Å². The minimum Gasteiger partial charge on any atom is -0.443 e. The Morgan fingerprint density at radius 3 is 1.70 bits per heavy atom. The first-order valence-corrected chi connectivity index (χ1v) is 7.92. The fourth-order valence-electron chi connectivity index (χ4n) is 3.45. The van der Waals surface area contributed by atoms with Crippen LogP contribution in [0.1, 0.15) is 34.6 Å².